The van der Waals surface area contributed by atoms with Crippen LogP contribution >= 0.6 is 0 Å². The molecule has 160 valence electrons. The molecule has 0 aromatic carbocycles. The number of methoxy groups -OCH3 is 1. The van der Waals surface area contributed by atoms with Crippen LogP contribution in [-0.4, -0.2) is 67.9 Å². The number of alkyl halides is 1. The summed E-state index contributed by atoms with van der Waals surface area (Å²) in [6.45, 7) is 5.96. The lowest BCUT2D eigenvalue weighted by atomic mass is 10.2. The molecular formula is C19H25FN8O2. The number of fused-ring (bicyclic) bond motifs is 1. The quantitative estimate of drug-likeness (QED) is 0.389. The van der Waals surface area contributed by atoms with E-state index >= 15 is 0 Å². The summed E-state index contributed by atoms with van der Waals surface area (Å²) in [5.41, 5.74) is 2.20. The lowest BCUT2D eigenvalue weighted by Gasteiger charge is -2.20. The molecule has 0 radical (unpaired) electrons. The van der Waals surface area contributed by atoms with Crippen LogP contribution in [0.4, 0.5) is 21.7 Å². The molecule has 0 spiro atoms. The molecule has 1 fully saturated rings. The van der Waals surface area contributed by atoms with Gasteiger partial charge in [-0.05, 0) is 13.0 Å². The molecular weight excluding hydrogens is 391 g/mol. The first-order valence-corrected chi connectivity index (χ1v) is 9.54. The third kappa shape index (κ3) is 3.68. The summed E-state index contributed by atoms with van der Waals surface area (Å²) in [5.74, 6) is 1.53. The van der Waals surface area contributed by atoms with E-state index in [0.717, 1.165) is 5.69 Å². The third-order valence-corrected chi connectivity index (χ3v) is 5.09. The van der Waals surface area contributed by atoms with Crippen LogP contribution < -0.4 is 20.3 Å². The van der Waals surface area contributed by atoms with E-state index in [0.29, 0.717) is 35.4 Å². The molecule has 11 heteroatoms. The number of ether oxygens (including phenoxy) is 1. The van der Waals surface area contributed by atoms with Gasteiger partial charge in [0, 0.05) is 25.5 Å². The normalized spacial score (nSPS) is 20.0. The van der Waals surface area contributed by atoms with Gasteiger partial charge < -0.3 is 20.1 Å². The molecule has 3 aromatic heterocycles. The highest BCUT2D eigenvalue weighted by molar-refractivity contribution is 5.74. The molecule has 1 aliphatic rings. The van der Waals surface area contributed by atoms with Crippen molar-refractivity contribution in [3.63, 3.8) is 0 Å². The summed E-state index contributed by atoms with van der Waals surface area (Å²) in [4.78, 5) is 11.0. The molecule has 4 heterocycles. The molecule has 0 bridgehead atoms. The number of hydrogen-bond donors (Lipinski definition) is 3. The van der Waals surface area contributed by atoms with E-state index in [2.05, 4.69) is 27.3 Å². The second-order valence-corrected chi connectivity index (χ2v) is 7.27. The number of nitrogens with zero attached hydrogens (tertiary/aromatic N) is 6. The zero-order valence-corrected chi connectivity index (χ0v) is 17.1. The molecule has 3 unspecified atom stereocenters. The summed E-state index contributed by atoms with van der Waals surface area (Å²) in [7, 11) is 3.34. The van der Waals surface area contributed by atoms with E-state index in [4.69, 9.17) is 9.72 Å². The Morgan fingerprint density at radius 3 is 2.93 bits per heavy atom. The predicted octanol–water partition coefficient (Wildman–Crippen LogP) is 1.14. The first kappa shape index (κ1) is 20.1. The summed E-state index contributed by atoms with van der Waals surface area (Å²) >= 11 is 0. The number of imidazole rings is 1. The van der Waals surface area contributed by atoms with Crippen LogP contribution in [0.1, 0.15) is 5.69 Å². The second-order valence-electron chi connectivity index (χ2n) is 7.27. The van der Waals surface area contributed by atoms with Gasteiger partial charge in [0.25, 0.3) is 5.88 Å². The number of aliphatic hydroxyl groups is 1. The fraction of sp³-hybridized carbons (Fsp3) is 0.421. The number of rotatable bonds is 7. The topological polar surface area (TPSA) is 105 Å². The van der Waals surface area contributed by atoms with Crippen molar-refractivity contribution in [1.29, 1.82) is 0 Å². The summed E-state index contributed by atoms with van der Waals surface area (Å²) in [6.07, 6.45) is 4.58. The number of aryl methyl sites for hydroxylation is 2. The Bertz CT molecular complexity index is 1060. The number of anilines is 3. The Morgan fingerprint density at radius 2 is 2.20 bits per heavy atom. The maximum Gasteiger partial charge on any atom is 0.256 e. The van der Waals surface area contributed by atoms with E-state index in [1.165, 1.54) is 6.08 Å². The largest absolute Gasteiger partial charge is 0.478 e. The smallest absolute Gasteiger partial charge is 0.256 e. The standard InChI is InChI=1S/C19H25FN8O2/c1-5-16(29)22-13-9-27(7-12(13)20)15-10-28-11(2)6-21-18(28)17(24-15)23-14-8-26(3)25-19(14)30-4/h5-6,8,10,12-13,16,22,29H,1,7,9H2,2-4H3,(H,23,24). The SMILES string of the molecule is C=CC(O)NC1CN(c2cn3c(C)cnc3c(Nc3cn(C)nc3OC)n2)CC1F. The average Bonchev–Trinajstić information content (AvgIpc) is 3.39. The molecule has 10 nitrogen and oxygen atoms in total. The molecule has 1 aliphatic heterocycles. The maximum atomic E-state index is 14.6. The lowest BCUT2D eigenvalue weighted by molar-refractivity contribution is 0.150. The predicted molar refractivity (Wildman–Crippen MR) is 111 cm³/mol. The minimum absolute atomic E-state index is 0.156. The van der Waals surface area contributed by atoms with Crippen LogP contribution in [0.5, 0.6) is 5.88 Å². The van der Waals surface area contributed by atoms with Crippen LogP contribution in [0.2, 0.25) is 0 Å². The fourth-order valence-corrected chi connectivity index (χ4v) is 3.56. The van der Waals surface area contributed by atoms with Gasteiger partial charge in [0.1, 0.15) is 23.9 Å². The van der Waals surface area contributed by atoms with Gasteiger partial charge in [-0.3, -0.25) is 14.4 Å². The molecule has 4 rings (SSSR count). The Labute approximate surface area is 173 Å². The van der Waals surface area contributed by atoms with E-state index in [1.807, 2.05) is 22.4 Å². The summed E-state index contributed by atoms with van der Waals surface area (Å²) < 4.78 is 23.4. The van der Waals surface area contributed by atoms with Crippen molar-refractivity contribution in [1.82, 2.24) is 29.5 Å². The molecule has 30 heavy (non-hydrogen) atoms. The molecule has 0 aliphatic carbocycles. The average molecular weight is 416 g/mol. The first-order chi connectivity index (χ1) is 14.4. The van der Waals surface area contributed by atoms with Gasteiger partial charge >= 0.3 is 0 Å². The monoisotopic (exact) mass is 416 g/mol. The summed E-state index contributed by atoms with van der Waals surface area (Å²) in [5, 5.41) is 20.0. The van der Waals surface area contributed by atoms with Gasteiger partial charge in [0.2, 0.25) is 0 Å². The summed E-state index contributed by atoms with van der Waals surface area (Å²) in [6, 6.07) is -0.533. The number of hydrogen-bond acceptors (Lipinski definition) is 8. The van der Waals surface area contributed by atoms with Crippen LogP contribution in [0.25, 0.3) is 5.65 Å². The number of aromatic nitrogens is 5. The Kier molecular flexibility index (Phi) is 5.31. The molecule has 3 N–H and O–H groups in total. The number of halogens is 1. The van der Waals surface area contributed by atoms with E-state index in [1.54, 1.807) is 31.2 Å². The van der Waals surface area contributed by atoms with Crippen molar-refractivity contribution >= 4 is 23.0 Å². The first-order valence-electron chi connectivity index (χ1n) is 9.54. The van der Waals surface area contributed by atoms with Gasteiger partial charge in [-0.2, -0.15) is 0 Å². The van der Waals surface area contributed by atoms with Crippen molar-refractivity contribution in [3.05, 3.63) is 36.9 Å². The van der Waals surface area contributed by atoms with Gasteiger partial charge in [0.15, 0.2) is 11.5 Å². The van der Waals surface area contributed by atoms with Crippen molar-refractivity contribution < 1.29 is 14.2 Å². The highest BCUT2D eigenvalue weighted by Crippen LogP contribution is 2.30. The third-order valence-electron chi connectivity index (χ3n) is 5.09. The van der Waals surface area contributed by atoms with Crippen LogP contribution in [-0.2, 0) is 7.05 Å². The molecule has 0 saturated carbocycles. The van der Waals surface area contributed by atoms with E-state index in [9.17, 15) is 9.50 Å². The minimum atomic E-state index is -1.16. The second kappa shape index (κ2) is 7.92. The highest BCUT2D eigenvalue weighted by Gasteiger charge is 2.34. The fourth-order valence-electron chi connectivity index (χ4n) is 3.56. The minimum Gasteiger partial charge on any atom is -0.478 e. The number of nitrogens with one attached hydrogen (secondary N) is 2. The van der Waals surface area contributed by atoms with Gasteiger partial charge in [-0.15, -0.1) is 5.10 Å². The zero-order chi connectivity index (χ0) is 21.4. The Morgan fingerprint density at radius 1 is 1.40 bits per heavy atom. The number of aliphatic hydroxyl groups excluding tert-OH is 1. The molecule has 3 aromatic rings. The van der Waals surface area contributed by atoms with Gasteiger partial charge in [0.05, 0.1) is 32.1 Å². The van der Waals surface area contributed by atoms with Crippen molar-refractivity contribution in [3.8, 4) is 5.88 Å². The highest BCUT2D eigenvalue weighted by atomic mass is 19.1. The Hall–Kier alpha value is -3.18. The van der Waals surface area contributed by atoms with E-state index in [-0.39, 0.29) is 6.54 Å². The Balaban J connectivity index is 1.68. The molecule has 0 amide bonds. The van der Waals surface area contributed by atoms with Gasteiger partial charge in [-0.1, -0.05) is 6.58 Å². The van der Waals surface area contributed by atoms with Gasteiger partial charge in [-0.25, -0.2) is 14.4 Å². The van der Waals surface area contributed by atoms with Crippen molar-refractivity contribution in [2.45, 2.75) is 25.4 Å². The maximum absolute atomic E-state index is 14.6. The van der Waals surface area contributed by atoms with Crippen LogP contribution in [0.3, 0.4) is 0 Å². The van der Waals surface area contributed by atoms with Crippen LogP contribution in [0, 0.1) is 6.92 Å². The van der Waals surface area contributed by atoms with Crippen LogP contribution in [0.15, 0.2) is 31.2 Å². The zero-order valence-electron chi connectivity index (χ0n) is 17.1. The molecule has 1 saturated heterocycles. The van der Waals surface area contributed by atoms with Crippen molar-refractivity contribution in [2.24, 2.45) is 7.05 Å². The van der Waals surface area contributed by atoms with E-state index < -0.39 is 18.4 Å². The molecule has 3 atom stereocenters. The van der Waals surface area contributed by atoms with Crippen molar-refractivity contribution in [2.75, 3.05) is 30.4 Å². The lowest BCUT2D eigenvalue weighted by Crippen LogP contribution is -2.43.